The van der Waals surface area contributed by atoms with Crippen molar-refractivity contribution in [3.8, 4) is 5.75 Å². The van der Waals surface area contributed by atoms with Gasteiger partial charge in [-0.3, -0.25) is 9.80 Å². The lowest BCUT2D eigenvalue weighted by Gasteiger charge is -2.45. The molecule has 0 aromatic heterocycles. The van der Waals surface area contributed by atoms with Crippen molar-refractivity contribution in [2.24, 2.45) is 0 Å². The minimum absolute atomic E-state index is 0.270. The first kappa shape index (κ1) is 31.7. The van der Waals surface area contributed by atoms with E-state index in [2.05, 4.69) is 82.6 Å². The molecule has 5 heteroatoms. The molecule has 0 aliphatic carbocycles. The van der Waals surface area contributed by atoms with Gasteiger partial charge in [-0.15, -0.1) is 0 Å². The average molecular weight is 599 g/mol. The van der Waals surface area contributed by atoms with E-state index in [1.54, 1.807) is 7.11 Å². The Hall–Kier alpha value is -4.71. The third kappa shape index (κ3) is 8.27. The molecule has 0 saturated heterocycles. The van der Waals surface area contributed by atoms with Crippen LogP contribution >= 0.6 is 0 Å². The summed E-state index contributed by atoms with van der Waals surface area (Å²) >= 11 is 0. The van der Waals surface area contributed by atoms with Crippen molar-refractivity contribution in [1.29, 1.82) is 0 Å². The summed E-state index contributed by atoms with van der Waals surface area (Å²) < 4.78 is 11.8. The Labute approximate surface area is 267 Å². The Balaban J connectivity index is 1.71. The first-order valence-electron chi connectivity index (χ1n) is 15.6. The molecular weight excluding hydrogens is 556 g/mol. The molecule has 0 aliphatic rings. The lowest BCUT2D eigenvalue weighted by atomic mass is 9.85. The molecule has 0 spiro atoms. The molecule has 0 fully saturated rings. The Morgan fingerprint density at radius 1 is 0.600 bits per heavy atom. The van der Waals surface area contributed by atoms with Crippen LogP contribution in [0.5, 0.6) is 5.75 Å². The first-order valence-corrected chi connectivity index (χ1v) is 15.6. The summed E-state index contributed by atoms with van der Waals surface area (Å²) in [6, 6.07) is 49.5. The van der Waals surface area contributed by atoms with E-state index in [0.29, 0.717) is 38.5 Å². The molecule has 5 rings (SSSR count). The van der Waals surface area contributed by atoms with Crippen molar-refractivity contribution >= 4 is 5.97 Å². The first-order chi connectivity index (χ1) is 22.1. The van der Waals surface area contributed by atoms with E-state index in [1.807, 2.05) is 79.7 Å². The second kappa shape index (κ2) is 15.8. The van der Waals surface area contributed by atoms with E-state index in [-0.39, 0.29) is 12.6 Å². The van der Waals surface area contributed by atoms with Gasteiger partial charge in [0.2, 0.25) is 0 Å². The summed E-state index contributed by atoms with van der Waals surface area (Å²) in [7, 11) is 1.66. The number of carbonyl (C=O) groups excluding carboxylic acids is 1. The highest BCUT2D eigenvalue weighted by Crippen LogP contribution is 2.37. The molecule has 45 heavy (non-hydrogen) atoms. The van der Waals surface area contributed by atoms with Gasteiger partial charge in [-0.1, -0.05) is 133 Å². The van der Waals surface area contributed by atoms with E-state index in [4.69, 9.17) is 9.47 Å². The van der Waals surface area contributed by atoms with Gasteiger partial charge < -0.3 is 9.47 Å². The van der Waals surface area contributed by atoms with Crippen LogP contribution in [-0.4, -0.2) is 36.0 Å². The lowest BCUT2D eigenvalue weighted by molar-refractivity contribution is -0.162. The van der Waals surface area contributed by atoms with Crippen LogP contribution < -0.4 is 4.74 Å². The van der Waals surface area contributed by atoms with Crippen LogP contribution in [-0.2, 0) is 41.2 Å². The number of ether oxygens (including phenoxy) is 2. The quantitative estimate of drug-likeness (QED) is 0.115. The van der Waals surface area contributed by atoms with Gasteiger partial charge in [-0.25, -0.2) is 4.79 Å². The Morgan fingerprint density at radius 3 is 1.47 bits per heavy atom. The summed E-state index contributed by atoms with van der Waals surface area (Å²) in [5.41, 5.74) is 4.23. The van der Waals surface area contributed by atoms with Crippen LogP contribution in [0.4, 0.5) is 0 Å². The highest BCUT2D eigenvalue weighted by atomic mass is 16.5. The molecule has 0 bridgehead atoms. The van der Waals surface area contributed by atoms with E-state index < -0.39 is 5.54 Å². The van der Waals surface area contributed by atoms with Crippen molar-refractivity contribution in [2.45, 2.75) is 38.6 Å². The van der Waals surface area contributed by atoms with Crippen molar-refractivity contribution in [3.63, 3.8) is 0 Å². The molecule has 0 radical (unpaired) electrons. The maximum atomic E-state index is 14.8. The summed E-state index contributed by atoms with van der Waals surface area (Å²) in [6.45, 7) is 4.93. The van der Waals surface area contributed by atoms with Crippen LogP contribution in [0, 0.1) is 0 Å². The normalized spacial score (nSPS) is 12.5. The zero-order valence-electron chi connectivity index (χ0n) is 26.2. The summed E-state index contributed by atoms with van der Waals surface area (Å²) in [4.78, 5) is 19.4. The number of nitrogens with zero attached hydrogens (tertiary/aromatic N) is 2. The molecule has 1 unspecified atom stereocenters. The topological polar surface area (TPSA) is 42.0 Å². The van der Waals surface area contributed by atoms with Crippen molar-refractivity contribution in [2.75, 3.05) is 20.3 Å². The number of hydrogen-bond acceptors (Lipinski definition) is 5. The number of esters is 1. The largest absolute Gasteiger partial charge is 0.497 e. The molecule has 1 atom stereocenters. The molecule has 0 amide bonds. The van der Waals surface area contributed by atoms with Gasteiger partial charge in [-0.05, 0) is 46.9 Å². The maximum absolute atomic E-state index is 14.8. The fourth-order valence-electron chi connectivity index (χ4n) is 5.92. The standard InChI is InChI=1S/C40H42N2O3/c1-3-45-39(43)40(37-25-16-26-38(27-37)44-2,42(30-35-21-12-6-13-22-35)31-36-23-14-7-15-24-36)32-41(28-33-17-8-4-9-18-33)29-34-19-10-5-11-20-34/h4-27H,3,28-32H2,1-2H3. The number of carbonyl (C=O) groups is 1. The van der Waals surface area contributed by atoms with Gasteiger partial charge in [-0.2, -0.15) is 0 Å². The average Bonchev–Trinajstić information content (AvgIpc) is 3.09. The smallest absolute Gasteiger partial charge is 0.332 e. The van der Waals surface area contributed by atoms with Crippen molar-refractivity contribution in [3.05, 3.63) is 173 Å². The number of benzene rings is 5. The number of methoxy groups -OCH3 is 1. The minimum Gasteiger partial charge on any atom is -0.497 e. The highest BCUT2D eigenvalue weighted by molar-refractivity contribution is 5.83. The SMILES string of the molecule is CCOC(=O)C(CN(Cc1ccccc1)Cc1ccccc1)(c1cccc(OC)c1)N(Cc1ccccc1)Cc1ccccc1. The molecular formula is C40H42N2O3. The molecule has 0 aliphatic heterocycles. The van der Waals surface area contributed by atoms with Crippen LogP contribution in [0.25, 0.3) is 0 Å². The van der Waals surface area contributed by atoms with Crippen LogP contribution in [0.1, 0.15) is 34.7 Å². The van der Waals surface area contributed by atoms with Crippen LogP contribution in [0.15, 0.2) is 146 Å². The number of hydrogen-bond donors (Lipinski definition) is 0. The van der Waals surface area contributed by atoms with Gasteiger partial charge in [0, 0.05) is 32.7 Å². The van der Waals surface area contributed by atoms with E-state index in [9.17, 15) is 4.79 Å². The van der Waals surface area contributed by atoms with Crippen LogP contribution in [0.3, 0.4) is 0 Å². The van der Waals surface area contributed by atoms with Gasteiger partial charge >= 0.3 is 5.97 Å². The predicted molar refractivity (Wildman–Crippen MR) is 180 cm³/mol. The minimum atomic E-state index is -1.18. The predicted octanol–water partition coefficient (Wildman–Crippen LogP) is 7.86. The third-order valence-corrected chi connectivity index (χ3v) is 8.08. The monoisotopic (exact) mass is 598 g/mol. The van der Waals surface area contributed by atoms with Crippen LogP contribution in [0.2, 0.25) is 0 Å². The van der Waals surface area contributed by atoms with Gasteiger partial charge in [0.1, 0.15) is 5.75 Å². The van der Waals surface area contributed by atoms with E-state index >= 15 is 0 Å². The van der Waals surface area contributed by atoms with Gasteiger partial charge in [0.05, 0.1) is 13.7 Å². The van der Waals surface area contributed by atoms with E-state index in [0.717, 1.165) is 16.7 Å². The molecule has 0 N–H and O–H groups in total. The highest BCUT2D eigenvalue weighted by Gasteiger charge is 2.48. The van der Waals surface area contributed by atoms with E-state index in [1.165, 1.54) is 11.1 Å². The molecule has 230 valence electrons. The Kier molecular flexibility index (Phi) is 11.2. The summed E-state index contributed by atoms with van der Waals surface area (Å²) in [5.74, 6) is 0.412. The number of rotatable bonds is 15. The van der Waals surface area contributed by atoms with Gasteiger partial charge in [0.15, 0.2) is 5.54 Å². The zero-order valence-corrected chi connectivity index (χ0v) is 26.2. The summed E-state index contributed by atoms with van der Waals surface area (Å²) in [6.07, 6.45) is 0. The molecule has 5 nitrogen and oxygen atoms in total. The van der Waals surface area contributed by atoms with Crippen molar-refractivity contribution < 1.29 is 14.3 Å². The molecule has 5 aromatic carbocycles. The molecule has 5 aromatic rings. The Morgan fingerprint density at radius 2 is 1.04 bits per heavy atom. The fraction of sp³-hybridized carbons (Fsp3) is 0.225. The molecule has 0 heterocycles. The van der Waals surface area contributed by atoms with Gasteiger partial charge in [0.25, 0.3) is 0 Å². The fourth-order valence-corrected chi connectivity index (χ4v) is 5.92. The van der Waals surface area contributed by atoms with Crippen molar-refractivity contribution in [1.82, 2.24) is 9.80 Å². The second-order valence-corrected chi connectivity index (χ2v) is 11.3. The third-order valence-electron chi connectivity index (χ3n) is 8.08. The molecule has 0 saturated carbocycles. The zero-order chi connectivity index (χ0) is 31.3. The Bertz CT molecular complexity index is 1510. The lowest BCUT2D eigenvalue weighted by Crippen LogP contribution is -2.58. The maximum Gasteiger partial charge on any atom is 0.332 e. The summed E-state index contributed by atoms with van der Waals surface area (Å²) in [5, 5.41) is 0. The second-order valence-electron chi connectivity index (χ2n) is 11.3.